The molecule has 0 bridgehead atoms. The van der Waals surface area contributed by atoms with Crippen LogP contribution in [0.1, 0.15) is 129 Å². The number of carboxylic acids is 2. The van der Waals surface area contributed by atoms with Crippen molar-refractivity contribution in [3.05, 3.63) is 6.20 Å². The van der Waals surface area contributed by atoms with Crippen molar-refractivity contribution in [2.45, 2.75) is 160 Å². The third-order valence-corrected chi connectivity index (χ3v) is 11.2. The van der Waals surface area contributed by atoms with Crippen LogP contribution >= 0.6 is 11.8 Å². The summed E-state index contributed by atoms with van der Waals surface area (Å²) in [7, 11) is 0. The van der Waals surface area contributed by atoms with Crippen LogP contribution < -0.4 is 11.1 Å². The van der Waals surface area contributed by atoms with Crippen molar-refractivity contribution < 1.29 is 49.8 Å². The van der Waals surface area contributed by atoms with Gasteiger partial charge in [0.1, 0.15) is 24.4 Å². The van der Waals surface area contributed by atoms with Crippen molar-refractivity contribution in [1.29, 1.82) is 0 Å². The number of aliphatic hydroxyl groups excluding tert-OH is 4. The molecule has 0 radical (unpaired) electrons. The van der Waals surface area contributed by atoms with Gasteiger partial charge in [-0.3, -0.25) is 14.4 Å². The van der Waals surface area contributed by atoms with Crippen LogP contribution in [0.25, 0.3) is 0 Å². The minimum atomic E-state index is -1.62. The van der Waals surface area contributed by atoms with E-state index in [1.165, 1.54) is 43.6 Å². The molecule has 1 aromatic heterocycles. The summed E-state index contributed by atoms with van der Waals surface area (Å²) < 4.78 is 6.51. The molecule has 1 aliphatic rings. The predicted octanol–water partition coefficient (Wildman–Crippen LogP) is 3.94. The van der Waals surface area contributed by atoms with Crippen LogP contribution in [0.3, 0.4) is 0 Å². The zero-order valence-electron chi connectivity index (χ0n) is 31.1. The molecule has 1 amide bonds. The molecule has 0 saturated carbocycles. The Bertz CT molecular complexity index is 1160. The number of nitrogens with one attached hydrogen (secondary N) is 1. The van der Waals surface area contributed by atoms with Crippen molar-refractivity contribution in [3.63, 3.8) is 0 Å². The zero-order valence-corrected chi connectivity index (χ0v) is 31.9. The lowest BCUT2D eigenvalue weighted by molar-refractivity contribution is -0.254. The molecule has 1 aromatic rings. The molecule has 1 saturated heterocycles. The van der Waals surface area contributed by atoms with Crippen LogP contribution in [-0.4, -0.2) is 112 Å². The number of carbonyl (C=O) groups excluding carboxylic acids is 1. The molecule has 2 heterocycles. The fourth-order valence-corrected chi connectivity index (χ4v) is 7.90. The molecular formula is C36H65N5O10S. The third kappa shape index (κ3) is 15.9. The molecule has 2 rings (SSSR count). The maximum atomic E-state index is 13.0. The van der Waals surface area contributed by atoms with E-state index in [0.717, 1.165) is 68.9 Å². The zero-order chi connectivity index (χ0) is 38.5. The summed E-state index contributed by atoms with van der Waals surface area (Å²) in [5.74, 6) is -3.75. The molecule has 300 valence electrons. The van der Waals surface area contributed by atoms with Crippen LogP contribution in [-0.2, 0) is 19.1 Å². The summed E-state index contributed by atoms with van der Waals surface area (Å²) in [6.07, 6.45) is 10.1. The summed E-state index contributed by atoms with van der Waals surface area (Å²) in [5.41, 5.74) is 6.20. The SMILES string of the molecule is CCCCCCCCCC(C(=O)O)C(CSC[C@@H](N)C(=O)Nc1cn([C@H]2OC(CO)C(O)C(O)C2O)nn1)C[C@@H](CCCCCCCCC)C(=O)O. The lowest BCUT2D eigenvalue weighted by Gasteiger charge is -2.39. The predicted molar refractivity (Wildman–Crippen MR) is 199 cm³/mol. The first-order chi connectivity index (χ1) is 24.9. The average Bonchev–Trinajstić information content (AvgIpc) is 3.58. The van der Waals surface area contributed by atoms with Gasteiger partial charge in [-0.25, -0.2) is 4.68 Å². The van der Waals surface area contributed by atoms with Gasteiger partial charge < -0.3 is 46.4 Å². The monoisotopic (exact) mass is 759 g/mol. The van der Waals surface area contributed by atoms with E-state index < -0.39 is 78.9 Å². The number of unbranched alkanes of at least 4 members (excludes halogenated alkanes) is 12. The van der Waals surface area contributed by atoms with Crippen LogP contribution in [0.2, 0.25) is 0 Å². The van der Waals surface area contributed by atoms with Gasteiger partial charge >= 0.3 is 11.9 Å². The molecule has 16 heteroatoms. The highest BCUT2D eigenvalue weighted by Gasteiger charge is 2.44. The number of hydrogen-bond acceptors (Lipinski definition) is 12. The van der Waals surface area contributed by atoms with Gasteiger partial charge in [-0.05, 0) is 30.9 Å². The Morgan fingerprint density at radius 3 is 1.98 bits per heavy atom. The Labute approximate surface area is 312 Å². The molecular weight excluding hydrogens is 694 g/mol. The van der Waals surface area contributed by atoms with Crippen molar-refractivity contribution in [3.8, 4) is 0 Å². The number of hydrogen-bond donors (Lipinski definition) is 8. The number of nitrogens with zero attached hydrogens (tertiary/aromatic N) is 3. The Kier molecular flexibility index (Phi) is 22.6. The van der Waals surface area contributed by atoms with Crippen molar-refractivity contribution in [2.75, 3.05) is 23.4 Å². The Hall–Kier alpha value is -2.34. The largest absolute Gasteiger partial charge is 0.481 e. The Balaban J connectivity index is 2.02. The van der Waals surface area contributed by atoms with E-state index in [4.69, 9.17) is 10.5 Å². The molecule has 15 nitrogen and oxygen atoms in total. The Morgan fingerprint density at radius 2 is 1.42 bits per heavy atom. The Morgan fingerprint density at radius 1 is 0.846 bits per heavy atom. The van der Waals surface area contributed by atoms with Gasteiger partial charge in [0.2, 0.25) is 5.91 Å². The highest BCUT2D eigenvalue weighted by atomic mass is 32.2. The normalized spacial score (nSPS) is 22.8. The summed E-state index contributed by atoms with van der Waals surface area (Å²) in [6.45, 7) is 3.71. The molecule has 0 aromatic carbocycles. The lowest BCUT2D eigenvalue weighted by Crippen LogP contribution is -2.56. The highest BCUT2D eigenvalue weighted by Crippen LogP contribution is 2.32. The van der Waals surface area contributed by atoms with Gasteiger partial charge in [0.05, 0.1) is 30.7 Å². The average molecular weight is 760 g/mol. The fraction of sp³-hybridized carbons (Fsp3) is 0.861. The number of thioether (sulfide) groups is 1. The molecule has 9 N–H and O–H groups in total. The molecule has 0 spiro atoms. The summed E-state index contributed by atoms with van der Waals surface area (Å²) in [6, 6.07) is -1.02. The van der Waals surface area contributed by atoms with Crippen LogP contribution in [0, 0.1) is 17.8 Å². The quantitative estimate of drug-likeness (QED) is 0.0539. The number of nitrogens with two attached hydrogens (primary N) is 1. The van der Waals surface area contributed by atoms with Crippen molar-refractivity contribution in [2.24, 2.45) is 23.5 Å². The van der Waals surface area contributed by atoms with Gasteiger partial charge in [0.25, 0.3) is 0 Å². The third-order valence-electron chi connectivity index (χ3n) is 9.95. The van der Waals surface area contributed by atoms with Crippen LogP contribution in [0.15, 0.2) is 6.20 Å². The second kappa shape index (κ2) is 25.6. The number of aliphatic hydroxyl groups is 4. The molecule has 1 aliphatic heterocycles. The number of carboxylic acid groups (broad SMARTS) is 2. The van der Waals surface area contributed by atoms with E-state index >= 15 is 0 Å². The van der Waals surface area contributed by atoms with Gasteiger partial charge in [-0.2, -0.15) is 11.8 Å². The number of aromatic nitrogens is 3. The topological polar surface area (TPSA) is 251 Å². The summed E-state index contributed by atoms with van der Waals surface area (Å²) >= 11 is 1.32. The van der Waals surface area contributed by atoms with E-state index in [0.29, 0.717) is 18.6 Å². The minimum Gasteiger partial charge on any atom is -0.481 e. The number of anilines is 1. The van der Waals surface area contributed by atoms with Gasteiger partial charge in [0, 0.05) is 5.75 Å². The van der Waals surface area contributed by atoms with Crippen molar-refractivity contribution >= 4 is 35.4 Å². The minimum absolute atomic E-state index is 0.0180. The second-order valence-electron chi connectivity index (χ2n) is 14.2. The molecule has 52 heavy (non-hydrogen) atoms. The van der Waals surface area contributed by atoms with Gasteiger partial charge in [0.15, 0.2) is 12.0 Å². The first kappa shape index (κ1) is 45.8. The second-order valence-corrected chi connectivity index (χ2v) is 15.3. The number of amides is 1. The van der Waals surface area contributed by atoms with Crippen molar-refractivity contribution in [1.82, 2.24) is 15.0 Å². The highest BCUT2D eigenvalue weighted by molar-refractivity contribution is 7.99. The molecule has 6 unspecified atom stereocenters. The van der Waals surface area contributed by atoms with E-state index in [9.17, 15) is 45.0 Å². The van der Waals surface area contributed by atoms with Crippen LogP contribution in [0.4, 0.5) is 5.82 Å². The van der Waals surface area contributed by atoms with Gasteiger partial charge in [-0.1, -0.05) is 109 Å². The smallest absolute Gasteiger partial charge is 0.306 e. The number of aliphatic carboxylic acids is 2. The molecule has 1 fully saturated rings. The maximum absolute atomic E-state index is 13.0. The number of ether oxygens (including phenoxy) is 1. The summed E-state index contributed by atoms with van der Waals surface area (Å²) in [4.78, 5) is 37.9. The maximum Gasteiger partial charge on any atom is 0.306 e. The first-order valence-electron chi connectivity index (χ1n) is 19.3. The number of carbonyl (C=O) groups is 3. The van der Waals surface area contributed by atoms with E-state index in [1.54, 1.807) is 0 Å². The van der Waals surface area contributed by atoms with Gasteiger partial charge in [-0.15, -0.1) is 5.10 Å². The van der Waals surface area contributed by atoms with E-state index in [1.807, 2.05) is 0 Å². The van der Waals surface area contributed by atoms with E-state index in [-0.39, 0.29) is 18.0 Å². The van der Waals surface area contributed by atoms with E-state index in [2.05, 4.69) is 29.5 Å². The fourth-order valence-electron chi connectivity index (χ4n) is 6.69. The summed E-state index contributed by atoms with van der Waals surface area (Å²) in [5, 5.41) is 70.5. The standard InChI is InChI=1S/C36H65N5O10S/c1-3-5-7-9-11-13-15-17-24(35(47)48)19-25(26(36(49)50)18-16-14-12-10-8-6-4-2)22-52-23-27(37)33(46)38-29-20-41(40-39-29)34-32(45)31(44)30(43)28(21-42)51-34/h20,24-28,30-32,34,42-45H,3-19,21-23,37H2,1-2H3,(H,38,46)(H,47,48)(H,49,50)/t24-,25?,26?,27-,28?,30?,31?,32?,34+/m1/s1. The number of rotatable bonds is 29. The van der Waals surface area contributed by atoms with Crippen LogP contribution in [0.5, 0.6) is 0 Å². The molecule has 9 atom stereocenters. The molecule has 0 aliphatic carbocycles. The lowest BCUT2D eigenvalue weighted by atomic mass is 9.81. The first-order valence-corrected chi connectivity index (χ1v) is 20.4.